The van der Waals surface area contributed by atoms with Crippen LogP contribution in [-0.4, -0.2) is 11.1 Å². The van der Waals surface area contributed by atoms with Crippen LogP contribution in [0.25, 0.3) is 11.0 Å². The number of ether oxygens (including phenoxy) is 1. The summed E-state index contributed by atoms with van der Waals surface area (Å²) < 4.78 is 50.4. The molecule has 4 nitrogen and oxygen atoms in total. The molecule has 0 spiro atoms. The van der Waals surface area contributed by atoms with E-state index >= 15 is 0 Å². The number of rotatable bonds is 4. The molecule has 2 aromatic carbocycles. The van der Waals surface area contributed by atoms with Crippen molar-refractivity contribution in [2.75, 3.05) is 0 Å². The molecule has 1 atom stereocenters. The highest BCUT2D eigenvalue weighted by atomic mass is 19.4. The lowest BCUT2D eigenvalue weighted by atomic mass is 10.1. The Labute approximate surface area is 140 Å². The van der Waals surface area contributed by atoms with E-state index in [9.17, 15) is 18.0 Å². The van der Waals surface area contributed by atoms with E-state index in [0.29, 0.717) is 17.2 Å². The molecule has 1 unspecified atom stereocenters. The number of benzene rings is 2. The van der Waals surface area contributed by atoms with Gasteiger partial charge < -0.3 is 14.3 Å². The molecule has 0 radical (unpaired) electrons. The molecule has 7 heteroatoms. The van der Waals surface area contributed by atoms with Gasteiger partial charge >= 0.3 is 12.1 Å². The Morgan fingerprint density at radius 2 is 1.92 bits per heavy atom. The molecule has 3 aromatic rings. The molecule has 1 heterocycles. The van der Waals surface area contributed by atoms with Gasteiger partial charge in [0.15, 0.2) is 0 Å². The van der Waals surface area contributed by atoms with Crippen molar-refractivity contribution >= 4 is 16.9 Å². The zero-order valence-corrected chi connectivity index (χ0v) is 13.0. The van der Waals surface area contributed by atoms with Gasteiger partial charge in [-0.25, -0.2) is 4.79 Å². The molecular formula is C18H13F3O4. The van der Waals surface area contributed by atoms with Crippen molar-refractivity contribution in [1.82, 2.24) is 0 Å². The molecular weight excluding hydrogens is 337 g/mol. The molecule has 0 saturated heterocycles. The number of alkyl halides is 3. The van der Waals surface area contributed by atoms with Gasteiger partial charge in [0.1, 0.15) is 17.4 Å². The first-order chi connectivity index (χ1) is 11.8. The smallest absolute Gasteiger partial charge is 0.419 e. The van der Waals surface area contributed by atoms with E-state index in [1.54, 1.807) is 31.2 Å². The van der Waals surface area contributed by atoms with Crippen molar-refractivity contribution < 1.29 is 32.2 Å². The number of carboxylic acids is 1. The molecule has 130 valence electrons. The fraction of sp³-hybridized carbons (Fsp3) is 0.167. The van der Waals surface area contributed by atoms with Crippen LogP contribution in [0.2, 0.25) is 0 Å². The van der Waals surface area contributed by atoms with Gasteiger partial charge in [-0.05, 0) is 48.9 Å². The molecule has 0 aliphatic rings. The van der Waals surface area contributed by atoms with Crippen LogP contribution in [0.15, 0.2) is 53.1 Å². The fourth-order valence-corrected chi connectivity index (χ4v) is 2.48. The van der Waals surface area contributed by atoms with Crippen molar-refractivity contribution in [2.24, 2.45) is 0 Å². The Hall–Kier alpha value is -2.96. The number of hydrogen-bond donors (Lipinski definition) is 1. The van der Waals surface area contributed by atoms with Crippen LogP contribution in [-0.2, 0) is 6.18 Å². The molecule has 1 aromatic heterocycles. The van der Waals surface area contributed by atoms with Crippen LogP contribution < -0.4 is 4.74 Å². The predicted molar refractivity (Wildman–Crippen MR) is 83.7 cm³/mol. The van der Waals surface area contributed by atoms with E-state index < -0.39 is 35.1 Å². The van der Waals surface area contributed by atoms with Crippen LogP contribution >= 0.6 is 0 Å². The first-order valence-electron chi connectivity index (χ1n) is 7.34. The lowest BCUT2D eigenvalue weighted by molar-refractivity contribution is -0.139. The maximum Gasteiger partial charge on any atom is 0.419 e. The minimum atomic E-state index is -4.73. The summed E-state index contributed by atoms with van der Waals surface area (Å²) in [7, 11) is 0. The fourth-order valence-electron chi connectivity index (χ4n) is 2.48. The predicted octanol–water partition coefficient (Wildman–Crippen LogP) is 5.29. The molecule has 3 rings (SSSR count). The van der Waals surface area contributed by atoms with E-state index in [1.807, 2.05) is 0 Å². The monoisotopic (exact) mass is 350 g/mol. The Morgan fingerprint density at radius 3 is 2.60 bits per heavy atom. The van der Waals surface area contributed by atoms with Crippen molar-refractivity contribution in [3.8, 4) is 5.75 Å². The molecule has 0 saturated carbocycles. The third-order valence-electron chi connectivity index (χ3n) is 3.78. The molecule has 1 N–H and O–H groups in total. The quantitative estimate of drug-likeness (QED) is 0.694. The minimum absolute atomic E-state index is 0.419. The normalized spacial score (nSPS) is 13.0. The van der Waals surface area contributed by atoms with Gasteiger partial charge in [-0.2, -0.15) is 13.2 Å². The van der Waals surface area contributed by atoms with Crippen LogP contribution in [0, 0.1) is 0 Å². The SMILES string of the molecule is CC(Oc1ccc(C(=O)O)cc1C(F)(F)F)c1ccc2occc2c1. The molecule has 0 fully saturated rings. The van der Waals surface area contributed by atoms with E-state index in [4.69, 9.17) is 14.3 Å². The van der Waals surface area contributed by atoms with Crippen molar-refractivity contribution in [3.05, 3.63) is 65.4 Å². The Morgan fingerprint density at radius 1 is 1.16 bits per heavy atom. The largest absolute Gasteiger partial charge is 0.485 e. The van der Waals surface area contributed by atoms with Crippen LogP contribution in [0.5, 0.6) is 5.75 Å². The van der Waals surface area contributed by atoms with Crippen LogP contribution in [0.3, 0.4) is 0 Å². The number of aromatic carboxylic acids is 1. The highest BCUT2D eigenvalue weighted by Crippen LogP contribution is 2.38. The lowest BCUT2D eigenvalue weighted by Crippen LogP contribution is -2.12. The summed E-state index contributed by atoms with van der Waals surface area (Å²) in [5.74, 6) is -1.85. The molecule has 0 amide bonds. The summed E-state index contributed by atoms with van der Waals surface area (Å²) in [5.41, 5.74) is -0.238. The van der Waals surface area contributed by atoms with Crippen LogP contribution in [0.4, 0.5) is 13.2 Å². The van der Waals surface area contributed by atoms with Crippen molar-refractivity contribution in [1.29, 1.82) is 0 Å². The van der Waals surface area contributed by atoms with Gasteiger partial charge in [-0.15, -0.1) is 0 Å². The minimum Gasteiger partial charge on any atom is -0.485 e. The third-order valence-corrected chi connectivity index (χ3v) is 3.78. The van der Waals surface area contributed by atoms with Crippen molar-refractivity contribution in [3.63, 3.8) is 0 Å². The number of furan rings is 1. The molecule has 0 aliphatic carbocycles. The highest BCUT2D eigenvalue weighted by molar-refractivity contribution is 5.88. The number of carbonyl (C=O) groups is 1. The number of carboxylic acid groups (broad SMARTS) is 1. The first-order valence-corrected chi connectivity index (χ1v) is 7.34. The Bertz CT molecular complexity index is 927. The van der Waals surface area contributed by atoms with Gasteiger partial charge in [-0.1, -0.05) is 6.07 Å². The second-order valence-electron chi connectivity index (χ2n) is 5.49. The third kappa shape index (κ3) is 3.45. The molecule has 0 aliphatic heterocycles. The summed E-state index contributed by atoms with van der Waals surface area (Å²) in [5, 5.41) is 9.70. The van der Waals surface area contributed by atoms with E-state index in [2.05, 4.69) is 0 Å². The Kier molecular flexibility index (Phi) is 4.16. The van der Waals surface area contributed by atoms with E-state index in [0.717, 1.165) is 17.5 Å². The lowest BCUT2D eigenvalue weighted by Gasteiger charge is -2.19. The summed E-state index contributed by atoms with van der Waals surface area (Å²) in [6.45, 7) is 1.62. The summed E-state index contributed by atoms with van der Waals surface area (Å²) in [6.07, 6.45) is -3.88. The second-order valence-corrected chi connectivity index (χ2v) is 5.49. The summed E-state index contributed by atoms with van der Waals surface area (Å²) in [4.78, 5) is 10.9. The standard InChI is InChI=1S/C18H13F3O4/c1-10(11-2-4-15-12(8-11)6-7-24-15)25-16-5-3-13(17(22)23)9-14(16)18(19,20)21/h2-10H,1H3,(H,22,23). The van der Waals surface area contributed by atoms with Gasteiger partial charge in [0.2, 0.25) is 0 Å². The zero-order chi connectivity index (χ0) is 18.2. The van der Waals surface area contributed by atoms with Gasteiger partial charge in [0.05, 0.1) is 17.4 Å². The average Bonchev–Trinajstić information content (AvgIpc) is 3.01. The van der Waals surface area contributed by atoms with Crippen molar-refractivity contribution in [2.45, 2.75) is 19.2 Å². The van der Waals surface area contributed by atoms with E-state index in [-0.39, 0.29) is 0 Å². The van der Waals surface area contributed by atoms with E-state index in [1.165, 1.54) is 6.26 Å². The topological polar surface area (TPSA) is 59.7 Å². The highest BCUT2D eigenvalue weighted by Gasteiger charge is 2.35. The maximum atomic E-state index is 13.2. The molecule has 25 heavy (non-hydrogen) atoms. The second kappa shape index (κ2) is 6.16. The summed E-state index contributed by atoms with van der Waals surface area (Å²) >= 11 is 0. The average molecular weight is 350 g/mol. The number of fused-ring (bicyclic) bond motifs is 1. The Balaban J connectivity index is 1.94. The number of halogens is 3. The van der Waals surface area contributed by atoms with Gasteiger partial charge in [-0.3, -0.25) is 0 Å². The zero-order valence-electron chi connectivity index (χ0n) is 13.0. The first kappa shape index (κ1) is 16.9. The summed E-state index contributed by atoms with van der Waals surface area (Å²) in [6, 6.07) is 9.61. The van der Waals surface area contributed by atoms with Gasteiger partial charge in [0, 0.05) is 5.39 Å². The molecule has 0 bridgehead atoms. The van der Waals surface area contributed by atoms with Crippen LogP contribution in [0.1, 0.15) is 34.5 Å². The number of hydrogen-bond acceptors (Lipinski definition) is 3. The maximum absolute atomic E-state index is 13.2. The van der Waals surface area contributed by atoms with Gasteiger partial charge in [0.25, 0.3) is 0 Å².